The zero-order chi connectivity index (χ0) is 29.0. The van der Waals surface area contributed by atoms with Crippen LogP contribution < -0.4 is 10.6 Å². The maximum Gasteiger partial charge on any atom is 0.251 e. The highest BCUT2D eigenvalue weighted by atomic mass is 32.1. The maximum atomic E-state index is 14.0. The third-order valence-electron chi connectivity index (χ3n) is 10.3. The summed E-state index contributed by atoms with van der Waals surface area (Å²) >= 11 is 1.43. The van der Waals surface area contributed by atoms with E-state index in [1.54, 1.807) is 0 Å². The maximum absolute atomic E-state index is 14.0. The molecule has 0 saturated heterocycles. The predicted octanol–water partition coefficient (Wildman–Crippen LogP) is 7.99. The molecule has 4 unspecified atom stereocenters. The second-order valence-corrected chi connectivity index (χ2v) is 13.6. The van der Waals surface area contributed by atoms with E-state index in [0.717, 1.165) is 30.5 Å². The van der Waals surface area contributed by atoms with Gasteiger partial charge in [0.2, 0.25) is 5.91 Å². The van der Waals surface area contributed by atoms with Crippen molar-refractivity contribution in [3.05, 3.63) is 106 Å². The van der Waals surface area contributed by atoms with E-state index < -0.39 is 5.41 Å². The van der Waals surface area contributed by atoms with Crippen LogP contribution >= 0.6 is 11.3 Å². The standard InChI is InChI=1S/C36H37N3O2S/c1-21-10-8-17-30(22(21)2)37-33(40)24-12-9-11-23(18-24)31-20-42-35(38-31)39-34(41)36(3)19-29-25-13-4-6-15-27(25)32(36)28-16-7-5-14-26(28)29/h4-7,9,11-16,18,20-22,29-30,32H,8,10,17,19H2,1-3H3,(H,37,40)(H,38,39,41). The number of thiazole rings is 1. The lowest BCUT2D eigenvalue weighted by atomic mass is 9.52. The first kappa shape index (κ1) is 27.1. The molecule has 4 atom stereocenters. The van der Waals surface area contributed by atoms with Gasteiger partial charge in [-0.3, -0.25) is 9.59 Å². The molecule has 1 heterocycles. The molecule has 4 aromatic rings. The first-order valence-electron chi connectivity index (χ1n) is 15.2. The van der Waals surface area contributed by atoms with E-state index >= 15 is 0 Å². The Bertz CT molecular complexity index is 1630. The third kappa shape index (κ3) is 4.48. The molecule has 5 nitrogen and oxygen atoms in total. The van der Waals surface area contributed by atoms with Gasteiger partial charge < -0.3 is 10.6 Å². The average Bonchev–Trinajstić information content (AvgIpc) is 3.48. The van der Waals surface area contributed by atoms with Crippen LogP contribution in [0, 0.1) is 17.3 Å². The largest absolute Gasteiger partial charge is 0.349 e. The summed E-state index contributed by atoms with van der Waals surface area (Å²) in [7, 11) is 0. The first-order chi connectivity index (χ1) is 20.3. The van der Waals surface area contributed by atoms with Crippen molar-refractivity contribution in [1.29, 1.82) is 0 Å². The lowest BCUT2D eigenvalue weighted by Crippen LogP contribution is -2.47. The zero-order valence-electron chi connectivity index (χ0n) is 24.4. The van der Waals surface area contributed by atoms with Gasteiger partial charge in [-0.15, -0.1) is 11.3 Å². The second-order valence-electron chi connectivity index (χ2n) is 12.8. The Morgan fingerprint density at radius 1 is 0.905 bits per heavy atom. The van der Waals surface area contributed by atoms with Crippen LogP contribution in [0.5, 0.6) is 0 Å². The van der Waals surface area contributed by atoms with Crippen molar-refractivity contribution in [1.82, 2.24) is 10.3 Å². The number of nitrogens with zero attached hydrogens (tertiary/aromatic N) is 1. The fraction of sp³-hybridized carbons (Fsp3) is 0.361. The summed E-state index contributed by atoms with van der Waals surface area (Å²) in [5, 5.41) is 9.00. The molecule has 6 heteroatoms. The van der Waals surface area contributed by atoms with Crippen LogP contribution in [0.4, 0.5) is 5.13 Å². The molecule has 3 aromatic carbocycles. The van der Waals surface area contributed by atoms with Crippen molar-refractivity contribution in [2.75, 3.05) is 5.32 Å². The quantitative estimate of drug-likeness (QED) is 0.253. The number of fused-ring (bicyclic) bond motifs is 1. The van der Waals surface area contributed by atoms with Gasteiger partial charge in [-0.05, 0) is 66.0 Å². The topological polar surface area (TPSA) is 71.1 Å². The van der Waals surface area contributed by atoms with Crippen molar-refractivity contribution in [3.63, 3.8) is 0 Å². The third-order valence-corrected chi connectivity index (χ3v) is 11.1. The molecule has 1 fully saturated rings. The molecule has 2 bridgehead atoms. The number of amides is 2. The summed E-state index contributed by atoms with van der Waals surface area (Å²) in [4.78, 5) is 32.0. The van der Waals surface area contributed by atoms with Crippen LogP contribution in [-0.4, -0.2) is 22.8 Å². The van der Waals surface area contributed by atoms with Crippen LogP contribution in [0.1, 0.15) is 90.9 Å². The minimum Gasteiger partial charge on any atom is -0.349 e. The monoisotopic (exact) mass is 575 g/mol. The Labute approximate surface area is 251 Å². The number of anilines is 1. The van der Waals surface area contributed by atoms with Gasteiger partial charge in [0.1, 0.15) is 0 Å². The smallest absolute Gasteiger partial charge is 0.251 e. The lowest BCUT2D eigenvalue weighted by molar-refractivity contribution is -0.126. The second kappa shape index (κ2) is 10.5. The van der Waals surface area contributed by atoms with Gasteiger partial charge in [0.15, 0.2) is 5.13 Å². The SMILES string of the molecule is CC1CCCC(NC(=O)c2cccc(-c3csc(NC(=O)C4(C)CC5c6ccccc6C4c4ccccc45)n3)c2)C1C. The van der Waals surface area contributed by atoms with Gasteiger partial charge in [0.25, 0.3) is 5.91 Å². The molecule has 1 aromatic heterocycles. The van der Waals surface area contributed by atoms with Crippen LogP contribution in [0.25, 0.3) is 11.3 Å². The lowest BCUT2D eigenvalue weighted by Gasteiger charge is -2.50. The molecule has 2 N–H and O–H groups in total. The number of hydrogen-bond acceptors (Lipinski definition) is 4. The van der Waals surface area contributed by atoms with E-state index in [1.807, 2.05) is 29.6 Å². The number of nitrogens with one attached hydrogen (secondary N) is 2. The van der Waals surface area contributed by atoms with Gasteiger partial charge in [0, 0.05) is 34.4 Å². The van der Waals surface area contributed by atoms with E-state index in [4.69, 9.17) is 4.98 Å². The first-order valence-corrected chi connectivity index (χ1v) is 16.1. The summed E-state index contributed by atoms with van der Waals surface area (Å²) in [6.07, 6.45) is 4.19. The van der Waals surface area contributed by atoms with Gasteiger partial charge in [0.05, 0.1) is 11.1 Å². The van der Waals surface area contributed by atoms with Gasteiger partial charge >= 0.3 is 0 Å². The molecule has 4 aliphatic carbocycles. The molecule has 214 valence electrons. The highest BCUT2D eigenvalue weighted by molar-refractivity contribution is 7.14. The molecule has 4 aliphatic rings. The van der Waals surface area contributed by atoms with Gasteiger partial charge in [-0.2, -0.15) is 0 Å². The molecule has 0 aliphatic heterocycles. The van der Waals surface area contributed by atoms with Crippen LogP contribution in [0.3, 0.4) is 0 Å². The molecule has 2 amide bonds. The van der Waals surface area contributed by atoms with E-state index in [-0.39, 0.29) is 29.7 Å². The Morgan fingerprint density at radius 2 is 1.60 bits per heavy atom. The fourth-order valence-electron chi connectivity index (χ4n) is 7.75. The molecule has 0 radical (unpaired) electrons. The normalized spacial score (nSPS) is 27.5. The summed E-state index contributed by atoms with van der Waals surface area (Å²) in [6.45, 7) is 6.63. The Balaban J connectivity index is 1.10. The van der Waals surface area contributed by atoms with Crippen molar-refractivity contribution in [2.24, 2.45) is 17.3 Å². The minimum absolute atomic E-state index is 0.000559. The van der Waals surface area contributed by atoms with Crippen molar-refractivity contribution >= 4 is 28.3 Å². The fourth-order valence-corrected chi connectivity index (χ4v) is 8.46. The highest BCUT2D eigenvalue weighted by Crippen LogP contribution is 2.61. The number of rotatable bonds is 5. The summed E-state index contributed by atoms with van der Waals surface area (Å²) < 4.78 is 0. The molecule has 8 rings (SSSR count). The average molecular weight is 576 g/mol. The molecule has 42 heavy (non-hydrogen) atoms. The summed E-state index contributed by atoms with van der Waals surface area (Å²) in [5.41, 5.74) is 6.89. The molecule has 0 spiro atoms. The summed E-state index contributed by atoms with van der Waals surface area (Å²) in [6, 6.07) is 25.0. The number of benzene rings is 3. The van der Waals surface area contributed by atoms with Gasteiger partial charge in [-0.1, -0.05) is 87.4 Å². The minimum atomic E-state index is -0.592. The summed E-state index contributed by atoms with van der Waals surface area (Å²) in [5.74, 6) is 1.27. The van der Waals surface area contributed by atoms with Gasteiger partial charge in [-0.25, -0.2) is 4.98 Å². The molecular formula is C36H37N3O2S. The number of carbonyl (C=O) groups is 2. The van der Waals surface area contributed by atoms with E-state index in [0.29, 0.717) is 22.5 Å². The Morgan fingerprint density at radius 3 is 2.31 bits per heavy atom. The van der Waals surface area contributed by atoms with Crippen LogP contribution in [0.2, 0.25) is 0 Å². The van der Waals surface area contributed by atoms with Crippen molar-refractivity contribution < 1.29 is 9.59 Å². The van der Waals surface area contributed by atoms with Crippen molar-refractivity contribution in [2.45, 2.75) is 64.3 Å². The number of aromatic nitrogens is 1. The zero-order valence-corrected chi connectivity index (χ0v) is 25.2. The highest BCUT2D eigenvalue weighted by Gasteiger charge is 2.54. The molecule has 1 saturated carbocycles. The Kier molecular flexibility index (Phi) is 6.77. The predicted molar refractivity (Wildman–Crippen MR) is 169 cm³/mol. The van der Waals surface area contributed by atoms with E-state index in [2.05, 4.69) is 79.9 Å². The van der Waals surface area contributed by atoms with Crippen LogP contribution in [-0.2, 0) is 4.79 Å². The van der Waals surface area contributed by atoms with Crippen LogP contribution in [0.15, 0.2) is 78.2 Å². The Hall–Kier alpha value is -3.77. The molecular weight excluding hydrogens is 538 g/mol. The number of hydrogen-bond donors (Lipinski definition) is 2. The van der Waals surface area contributed by atoms with Crippen molar-refractivity contribution in [3.8, 4) is 11.3 Å². The number of carbonyl (C=O) groups excluding carboxylic acids is 2. The van der Waals surface area contributed by atoms with E-state index in [1.165, 1.54) is 40.0 Å². The van der Waals surface area contributed by atoms with E-state index in [9.17, 15) is 9.59 Å².